The largest absolute Gasteiger partial charge is 0.312 e. The van der Waals surface area contributed by atoms with Crippen LogP contribution in [0.25, 0.3) is 0 Å². The molecule has 14 heavy (non-hydrogen) atoms. The topological polar surface area (TPSA) is 58.2 Å². The number of anilines is 1. The smallest absolute Gasteiger partial charge is 0.271 e. The summed E-state index contributed by atoms with van der Waals surface area (Å²) >= 11 is 5.80. The Labute approximate surface area is 85.6 Å². The Bertz CT molecular complexity index is 373. The lowest BCUT2D eigenvalue weighted by molar-refractivity contribution is 0.0761. The average Bonchev–Trinajstić information content (AvgIpc) is 2.23. The van der Waals surface area contributed by atoms with E-state index in [1.165, 1.54) is 6.33 Å². The van der Waals surface area contributed by atoms with Crippen LogP contribution in [0.2, 0.25) is 5.02 Å². The molecule has 0 atom stereocenters. The van der Waals surface area contributed by atoms with E-state index in [1.807, 2.05) is 0 Å². The van der Waals surface area contributed by atoms with Crippen molar-refractivity contribution in [3.8, 4) is 0 Å². The zero-order valence-electron chi connectivity index (χ0n) is 7.49. The first kappa shape index (κ1) is 9.48. The summed E-state index contributed by atoms with van der Waals surface area (Å²) in [5.74, 6) is 0.398. The SMILES string of the molecule is O=c1[nH]cnc(N2CCCCO2)c1Cl. The molecular formula is C8H10ClN3O2. The maximum Gasteiger partial charge on any atom is 0.271 e. The summed E-state index contributed by atoms with van der Waals surface area (Å²) in [7, 11) is 0. The molecular weight excluding hydrogens is 206 g/mol. The van der Waals surface area contributed by atoms with Gasteiger partial charge in [-0.25, -0.2) is 10.0 Å². The second kappa shape index (κ2) is 3.98. The third-order valence-corrected chi connectivity index (χ3v) is 2.36. The van der Waals surface area contributed by atoms with E-state index < -0.39 is 0 Å². The highest BCUT2D eigenvalue weighted by Gasteiger charge is 2.17. The van der Waals surface area contributed by atoms with Gasteiger partial charge in [0.15, 0.2) is 10.8 Å². The minimum atomic E-state index is -0.342. The molecule has 0 saturated carbocycles. The molecule has 1 aliphatic heterocycles. The van der Waals surface area contributed by atoms with Crippen molar-refractivity contribution >= 4 is 17.4 Å². The average molecular weight is 216 g/mol. The molecule has 0 spiro atoms. The number of H-pyrrole nitrogens is 1. The Kier molecular flexibility index (Phi) is 2.69. The minimum absolute atomic E-state index is 0.0781. The molecule has 1 aliphatic rings. The second-order valence-corrected chi connectivity index (χ2v) is 3.39. The molecule has 0 unspecified atom stereocenters. The van der Waals surface area contributed by atoms with Crippen LogP contribution in [0.15, 0.2) is 11.1 Å². The van der Waals surface area contributed by atoms with Crippen molar-refractivity contribution in [2.45, 2.75) is 12.8 Å². The Morgan fingerprint density at radius 1 is 1.57 bits per heavy atom. The fourth-order valence-electron chi connectivity index (χ4n) is 1.31. The number of hydrogen-bond donors (Lipinski definition) is 1. The fourth-order valence-corrected chi connectivity index (χ4v) is 1.51. The molecule has 1 aromatic heterocycles. The van der Waals surface area contributed by atoms with Crippen molar-refractivity contribution < 1.29 is 4.84 Å². The van der Waals surface area contributed by atoms with E-state index in [9.17, 15) is 4.79 Å². The van der Waals surface area contributed by atoms with E-state index in [2.05, 4.69) is 9.97 Å². The monoisotopic (exact) mass is 215 g/mol. The van der Waals surface area contributed by atoms with Crippen LogP contribution in [-0.2, 0) is 4.84 Å². The molecule has 2 heterocycles. The molecule has 1 N–H and O–H groups in total. The Morgan fingerprint density at radius 2 is 2.43 bits per heavy atom. The molecule has 2 rings (SSSR count). The highest BCUT2D eigenvalue weighted by Crippen LogP contribution is 2.21. The van der Waals surface area contributed by atoms with Crippen molar-refractivity contribution in [1.29, 1.82) is 0 Å². The molecule has 0 bridgehead atoms. The first-order valence-electron chi connectivity index (χ1n) is 4.42. The maximum atomic E-state index is 11.2. The lowest BCUT2D eigenvalue weighted by Crippen LogP contribution is -2.32. The molecule has 6 heteroatoms. The van der Waals surface area contributed by atoms with Gasteiger partial charge in [-0.1, -0.05) is 11.6 Å². The van der Waals surface area contributed by atoms with E-state index in [0.29, 0.717) is 12.4 Å². The van der Waals surface area contributed by atoms with Crippen LogP contribution in [-0.4, -0.2) is 23.1 Å². The lowest BCUT2D eigenvalue weighted by atomic mass is 10.3. The van der Waals surface area contributed by atoms with Crippen LogP contribution in [0.4, 0.5) is 5.82 Å². The van der Waals surface area contributed by atoms with Gasteiger partial charge in [0.2, 0.25) is 0 Å². The van der Waals surface area contributed by atoms with Gasteiger partial charge in [-0.15, -0.1) is 0 Å². The van der Waals surface area contributed by atoms with Crippen molar-refractivity contribution in [2.75, 3.05) is 18.2 Å². The van der Waals surface area contributed by atoms with E-state index >= 15 is 0 Å². The van der Waals surface area contributed by atoms with Gasteiger partial charge >= 0.3 is 0 Å². The number of nitrogens with one attached hydrogen (secondary N) is 1. The number of nitrogens with zero attached hydrogens (tertiary/aromatic N) is 2. The highest BCUT2D eigenvalue weighted by atomic mass is 35.5. The third kappa shape index (κ3) is 1.73. The molecule has 5 nitrogen and oxygen atoms in total. The molecule has 1 saturated heterocycles. The molecule has 1 aromatic rings. The first-order chi connectivity index (χ1) is 6.79. The molecule has 76 valence electrons. The number of hydroxylamine groups is 1. The van der Waals surface area contributed by atoms with E-state index in [0.717, 1.165) is 19.4 Å². The van der Waals surface area contributed by atoms with Crippen molar-refractivity contribution in [1.82, 2.24) is 9.97 Å². The first-order valence-corrected chi connectivity index (χ1v) is 4.80. The molecule has 0 amide bonds. The summed E-state index contributed by atoms with van der Waals surface area (Å²) < 4.78 is 0. The van der Waals surface area contributed by atoms with Gasteiger partial charge in [0.25, 0.3) is 5.56 Å². The van der Waals surface area contributed by atoms with Crippen LogP contribution in [0, 0.1) is 0 Å². The molecule has 0 aliphatic carbocycles. The van der Waals surface area contributed by atoms with E-state index in [-0.39, 0.29) is 10.6 Å². The van der Waals surface area contributed by atoms with Crippen molar-refractivity contribution in [3.05, 3.63) is 21.7 Å². The highest BCUT2D eigenvalue weighted by molar-refractivity contribution is 6.32. The van der Waals surface area contributed by atoms with E-state index in [4.69, 9.17) is 16.4 Å². The summed E-state index contributed by atoms with van der Waals surface area (Å²) in [5.41, 5.74) is -0.342. The maximum absolute atomic E-state index is 11.2. The minimum Gasteiger partial charge on any atom is -0.312 e. The number of hydrogen-bond acceptors (Lipinski definition) is 4. The Hall–Kier alpha value is -1.07. The van der Waals surface area contributed by atoms with Crippen LogP contribution in [0.1, 0.15) is 12.8 Å². The lowest BCUT2D eigenvalue weighted by Gasteiger charge is -2.26. The Balaban J connectivity index is 2.30. The van der Waals surface area contributed by atoms with Gasteiger partial charge < -0.3 is 4.98 Å². The van der Waals surface area contributed by atoms with Gasteiger partial charge in [0.05, 0.1) is 12.9 Å². The standard InChI is InChI=1S/C8H10ClN3O2/c9-6-7(10-5-11-8(6)13)12-3-1-2-4-14-12/h5H,1-4H2,(H,10,11,13). The van der Waals surface area contributed by atoms with Crippen molar-refractivity contribution in [3.63, 3.8) is 0 Å². The van der Waals surface area contributed by atoms with Crippen molar-refractivity contribution in [2.24, 2.45) is 0 Å². The number of halogens is 1. The Morgan fingerprint density at radius 3 is 3.14 bits per heavy atom. The van der Waals surface area contributed by atoms with Gasteiger partial charge in [0.1, 0.15) is 0 Å². The van der Waals surface area contributed by atoms with Crippen LogP contribution in [0.3, 0.4) is 0 Å². The quantitative estimate of drug-likeness (QED) is 0.758. The molecule has 0 radical (unpaired) electrons. The van der Waals surface area contributed by atoms with Gasteiger partial charge in [-0.05, 0) is 12.8 Å². The van der Waals surface area contributed by atoms with Gasteiger partial charge in [-0.2, -0.15) is 0 Å². The third-order valence-electron chi connectivity index (χ3n) is 2.02. The summed E-state index contributed by atoms with van der Waals surface area (Å²) in [4.78, 5) is 22.9. The van der Waals surface area contributed by atoms with Gasteiger partial charge in [-0.3, -0.25) is 9.63 Å². The fraction of sp³-hybridized carbons (Fsp3) is 0.500. The zero-order chi connectivity index (χ0) is 9.97. The summed E-state index contributed by atoms with van der Waals surface area (Å²) in [5, 5.41) is 1.65. The normalized spacial score (nSPS) is 17.1. The second-order valence-electron chi connectivity index (χ2n) is 3.01. The summed E-state index contributed by atoms with van der Waals surface area (Å²) in [6, 6.07) is 0. The molecule has 1 fully saturated rings. The molecule has 0 aromatic carbocycles. The van der Waals surface area contributed by atoms with Gasteiger partial charge in [0, 0.05) is 6.54 Å². The van der Waals surface area contributed by atoms with Crippen LogP contribution < -0.4 is 10.6 Å². The number of aromatic amines is 1. The van der Waals surface area contributed by atoms with Crippen LogP contribution >= 0.6 is 11.6 Å². The predicted molar refractivity (Wildman–Crippen MR) is 52.4 cm³/mol. The van der Waals surface area contributed by atoms with E-state index in [1.54, 1.807) is 5.06 Å². The number of rotatable bonds is 1. The zero-order valence-corrected chi connectivity index (χ0v) is 8.25. The predicted octanol–water partition coefficient (Wildman–Crippen LogP) is 0.955. The summed E-state index contributed by atoms with van der Waals surface area (Å²) in [6.45, 7) is 1.36. The van der Waals surface area contributed by atoms with Crippen LogP contribution in [0.5, 0.6) is 0 Å². The number of aromatic nitrogens is 2. The summed E-state index contributed by atoms with van der Waals surface area (Å²) in [6.07, 6.45) is 3.36.